The number of nitrogens with one attached hydrogen (secondary N) is 1. The minimum atomic E-state index is -0.0354. The second-order valence-corrected chi connectivity index (χ2v) is 7.28. The van der Waals surface area contributed by atoms with Crippen LogP contribution in [0.5, 0.6) is 0 Å². The van der Waals surface area contributed by atoms with E-state index in [1.54, 1.807) is 0 Å². The third kappa shape index (κ3) is 3.08. The molecule has 0 unspecified atom stereocenters. The molecule has 0 spiro atoms. The van der Waals surface area contributed by atoms with Gasteiger partial charge in [-0.25, -0.2) is 4.98 Å². The number of fused-ring (bicyclic) bond motifs is 1. The van der Waals surface area contributed by atoms with E-state index in [1.165, 1.54) is 11.3 Å². The van der Waals surface area contributed by atoms with E-state index in [1.807, 2.05) is 18.2 Å². The van der Waals surface area contributed by atoms with Crippen molar-refractivity contribution in [3.8, 4) is 0 Å². The summed E-state index contributed by atoms with van der Waals surface area (Å²) in [5, 5.41) is 3.61. The highest BCUT2D eigenvalue weighted by Crippen LogP contribution is 2.30. The predicted octanol–water partition coefficient (Wildman–Crippen LogP) is 2.94. The number of carbonyl (C=O) groups excluding carboxylic acids is 1. The average Bonchev–Trinajstić information content (AvgIpc) is 3.05. The summed E-state index contributed by atoms with van der Waals surface area (Å²) in [6.45, 7) is 6.33. The Bertz CT molecular complexity index is 682. The monoisotopic (exact) mass is 318 g/mol. The molecular formula is C16H22N4OS. The smallest absolute Gasteiger partial charge is 0.243 e. The molecule has 1 aromatic carbocycles. The van der Waals surface area contributed by atoms with E-state index in [0.717, 1.165) is 36.1 Å². The topological polar surface area (TPSA) is 71.2 Å². The molecule has 3 rings (SSSR count). The van der Waals surface area contributed by atoms with Crippen LogP contribution in [0.2, 0.25) is 0 Å². The maximum absolute atomic E-state index is 12.6. The highest BCUT2D eigenvalue weighted by atomic mass is 32.1. The van der Waals surface area contributed by atoms with E-state index in [9.17, 15) is 4.79 Å². The SMILES string of the molecule is CC(C)CN1CCC[C@@H]1C(=O)Nc1nc2c(N)cccc2s1. The van der Waals surface area contributed by atoms with Crippen LogP contribution in [0.3, 0.4) is 0 Å². The Kier molecular flexibility index (Phi) is 4.31. The summed E-state index contributed by atoms with van der Waals surface area (Å²) in [5.41, 5.74) is 7.34. The van der Waals surface area contributed by atoms with Crippen LogP contribution in [0.25, 0.3) is 10.2 Å². The van der Waals surface area contributed by atoms with Gasteiger partial charge in [-0.2, -0.15) is 0 Å². The molecule has 22 heavy (non-hydrogen) atoms. The van der Waals surface area contributed by atoms with Gasteiger partial charge in [0.15, 0.2) is 5.13 Å². The zero-order chi connectivity index (χ0) is 15.7. The van der Waals surface area contributed by atoms with Crippen LogP contribution in [0, 0.1) is 5.92 Å². The normalized spacial score (nSPS) is 19.1. The molecule has 118 valence electrons. The van der Waals surface area contributed by atoms with Crippen LogP contribution < -0.4 is 11.1 Å². The van der Waals surface area contributed by atoms with E-state index < -0.39 is 0 Å². The number of aromatic nitrogens is 1. The number of nitrogens with two attached hydrogens (primary N) is 1. The van der Waals surface area contributed by atoms with Crippen molar-refractivity contribution in [1.82, 2.24) is 9.88 Å². The molecule has 0 aliphatic carbocycles. The second kappa shape index (κ2) is 6.22. The lowest BCUT2D eigenvalue weighted by Crippen LogP contribution is -2.41. The van der Waals surface area contributed by atoms with E-state index in [0.29, 0.717) is 16.7 Å². The molecule has 1 aliphatic rings. The molecule has 1 fully saturated rings. The first-order chi connectivity index (χ1) is 10.5. The summed E-state index contributed by atoms with van der Waals surface area (Å²) in [5.74, 6) is 0.617. The van der Waals surface area contributed by atoms with Gasteiger partial charge in [-0.3, -0.25) is 9.69 Å². The lowest BCUT2D eigenvalue weighted by molar-refractivity contribution is -0.120. The molecule has 0 bridgehead atoms. The summed E-state index contributed by atoms with van der Waals surface area (Å²) < 4.78 is 1.00. The van der Waals surface area contributed by atoms with Crippen molar-refractivity contribution >= 4 is 38.3 Å². The zero-order valence-electron chi connectivity index (χ0n) is 13.0. The first-order valence-corrected chi connectivity index (χ1v) is 8.56. The van der Waals surface area contributed by atoms with Gasteiger partial charge in [0.05, 0.1) is 16.4 Å². The molecule has 5 nitrogen and oxygen atoms in total. The van der Waals surface area contributed by atoms with Gasteiger partial charge in [0, 0.05) is 6.54 Å². The fraction of sp³-hybridized carbons (Fsp3) is 0.500. The Morgan fingerprint density at radius 3 is 3.09 bits per heavy atom. The van der Waals surface area contributed by atoms with Gasteiger partial charge in [0.25, 0.3) is 0 Å². The van der Waals surface area contributed by atoms with E-state index >= 15 is 0 Å². The number of anilines is 2. The van der Waals surface area contributed by atoms with Crippen LogP contribution in [-0.2, 0) is 4.79 Å². The molecule has 2 aromatic rings. The van der Waals surface area contributed by atoms with Gasteiger partial charge in [-0.1, -0.05) is 31.3 Å². The molecular weight excluding hydrogens is 296 g/mol. The molecule has 2 heterocycles. The molecule has 1 amide bonds. The number of nitrogen functional groups attached to an aromatic ring is 1. The quantitative estimate of drug-likeness (QED) is 0.850. The molecule has 6 heteroatoms. The summed E-state index contributed by atoms with van der Waals surface area (Å²) in [4.78, 5) is 19.3. The zero-order valence-corrected chi connectivity index (χ0v) is 13.8. The fourth-order valence-electron chi connectivity index (χ4n) is 3.02. The molecule has 1 atom stereocenters. The Morgan fingerprint density at radius 2 is 2.36 bits per heavy atom. The van der Waals surface area contributed by atoms with Crippen LogP contribution in [0.15, 0.2) is 18.2 Å². The number of para-hydroxylation sites is 1. The third-order valence-corrected chi connectivity index (χ3v) is 4.88. The molecule has 3 N–H and O–H groups in total. The first kappa shape index (κ1) is 15.2. The maximum atomic E-state index is 12.6. The number of hydrogen-bond acceptors (Lipinski definition) is 5. The molecule has 1 aliphatic heterocycles. The van der Waals surface area contributed by atoms with Gasteiger partial charge < -0.3 is 11.1 Å². The highest BCUT2D eigenvalue weighted by molar-refractivity contribution is 7.22. The number of rotatable bonds is 4. The summed E-state index contributed by atoms with van der Waals surface area (Å²) >= 11 is 1.47. The van der Waals surface area contributed by atoms with Gasteiger partial charge in [0.2, 0.25) is 5.91 Å². The lowest BCUT2D eigenvalue weighted by atomic mass is 10.1. The summed E-state index contributed by atoms with van der Waals surface area (Å²) in [6, 6.07) is 5.67. The summed E-state index contributed by atoms with van der Waals surface area (Å²) in [7, 11) is 0. The fourth-order valence-corrected chi connectivity index (χ4v) is 3.93. The van der Waals surface area contributed by atoms with E-state index in [4.69, 9.17) is 5.73 Å². The lowest BCUT2D eigenvalue weighted by Gasteiger charge is -2.24. The Labute approximate surface area is 134 Å². The Hall–Kier alpha value is -1.66. The van der Waals surface area contributed by atoms with Crippen LogP contribution in [0.1, 0.15) is 26.7 Å². The van der Waals surface area contributed by atoms with Crippen LogP contribution >= 0.6 is 11.3 Å². The molecule has 1 aromatic heterocycles. The predicted molar refractivity (Wildman–Crippen MR) is 92.1 cm³/mol. The number of nitrogens with zero attached hydrogens (tertiary/aromatic N) is 2. The summed E-state index contributed by atoms with van der Waals surface area (Å²) in [6.07, 6.45) is 2.00. The third-order valence-electron chi connectivity index (χ3n) is 3.95. The Morgan fingerprint density at radius 1 is 1.55 bits per heavy atom. The number of hydrogen-bond donors (Lipinski definition) is 2. The molecule has 0 radical (unpaired) electrons. The molecule has 1 saturated heterocycles. The number of benzene rings is 1. The van der Waals surface area contributed by atoms with Gasteiger partial charge >= 0.3 is 0 Å². The first-order valence-electron chi connectivity index (χ1n) is 7.74. The van der Waals surface area contributed by atoms with Crippen LogP contribution in [0.4, 0.5) is 10.8 Å². The highest BCUT2D eigenvalue weighted by Gasteiger charge is 2.31. The standard InChI is InChI=1S/C16H22N4OS/c1-10(2)9-20-8-4-6-12(20)15(21)19-16-18-14-11(17)5-3-7-13(14)22-16/h3,5,7,10,12H,4,6,8-9,17H2,1-2H3,(H,18,19,21)/t12-/m1/s1. The van der Waals surface area contributed by atoms with Gasteiger partial charge in [-0.15, -0.1) is 0 Å². The maximum Gasteiger partial charge on any atom is 0.243 e. The molecule has 0 saturated carbocycles. The number of amides is 1. The van der Waals surface area contributed by atoms with Crippen LogP contribution in [-0.4, -0.2) is 34.9 Å². The minimum Gasteiger partial charge on any atom is -0.397 e. The minimum absolute atomic E-state index is 0.0354. The van der Waals surface area contributed by atoms with Gasteiger partial charge in [0.1, 0.15) is 5.52 Å². The largest absolute Gasteiger partial charge is 0.397 e. The van der Waals surface area contributed by atoms with Crippen molar-refractivity contribution < 1.29 is 4.79 Å². The van der Waals surface area contributed by atoms with Crippen molar-refractivity contribution in [2.24, 2.45) is 5.92 Å². The van der Waals surface area contributed by atoms with E-state index in [-0.39, 0.29) is 11.9 Å². The average molecular weight is 318 g/mol. The number of thiazole rings is 1. The Balaban J connectivity index is 1.73. The number of carbonyl (C=O) groups is 1. The van der Waals surface area contributed by atoms with Crippen molar-refractivity contribution in [2.75, 3.05) is 24.1 Å². The van der Waals surface area contributed by atoms with Crippen molar-refractivity contribution in [3.05, 3.63) is 18.2 Å². The second-order valence-electron chi connectivity index (χ2n) is 6.25. The van der Waals surface area contributed by atoms with E-state index in [2.05, 4.69) is 29.0 Å². The van der Waals surface area contributed by atoms with Crippen molar-refractivity contribution in [1.29, 1.82) is 0 Å². The van der Waals surface area contributed by atoms with Gasteiger partial charge in [-0.05, 0) is 37.4 Å². The number of likely N-dealkylation sites (tertiary alicyclic amines) is 1. The van der Waals surface area contributed by atoms with Crippen molar-refractivity contribution in [2.45, 2.75) is 32.7 Å². The van der Waals surface area contributed by atoms with Crippen molar-refractivity contribution in [3.63, 3.8) is 0 Å².